The second-order valence-electron chi connectivity index (χ2n) is 11.5. The summed E-state index contributed by atoms with van der Waals surface area (Å²) in [5.74, 6) is 0.936. The Bertz CT molecular complexity index is 2490. The summed E-state index contributed by atoms with van der Waals surface area (Å²) < 4.78 is 2.25. The molecule has 0 radical (unpaired) electrons. The minimum atomic E-state index is 0.936. The van der Waals surface area contributed by atoms with Crippen molar-refractivity contribution in [1.29, 1.82) is 0 Å². The van der Waals surface area contributed by atoms with Crippen LogP contribution in [0.25, 0.3) is 71.6 Å². The van der Waals surface area contributed by atoms with Crippen LogP contribution in [0.3, 0.4) is 0 Å². The maximum absolute atomic E-state index is 5.06. The quantitative estimate of drug-likeness (QED) is 0.183. The molecule has 0 aliphatic carbocycles. The van der Waals surface area contributed by atoms with Crippen LogP contribution in [0.4, 0.5) is 0 Å². The molecule has 0 fully saturated rings. The van der Waals surface area contributed by atoms with Crippen molar-refractivity contribution in [1.82, 2.24) is 14.5 Å². The maximum atomic E-state index is 5.06. The van der Waals surface area contributed by atoms with E-state index in [0.717, 1.165) is 33.5 Å². The van der Waals surface area contributed by atoms with Gasteiger partial charge in [0.05, 0.1) is 11.0 Å². The van der Waals surface area contributed by atoms with E-state index in [1.165, 1.54) is 47.8 Å². The fraction of sp³-hybridized carbons (Fsp3) is 0. The number of aromatic nitrogens is 3. The van der Waals surface area contributed by atoms with E-state index in [0.29, 0.717) is 0 Å². The number of hydrogen-bond donors (Lipinski definition) is 0. The van der Waals surface area contributed by atoms with Crippen LogP contribution in [-0.2, 0) is 0 Å². The number of fused-ring (bicyclic) bond motifs is 4. The highest BCUT2D eigenvalue weighted by Gasteiger charge is 2.18. The average Bonchev–Trinajstić information content (AvgIpc) is 3.52. The molecule has 2 heterocycles. The molecule has 0 aliphatic heterocycles. The predicted octanol–water partition coefficient (Wildman–Crippen LogP) is 11.4. The van der Waals surface area contributed by atoms with Gasteiger partial charge in [-0.3, -0.25) is 9.55 Å². The Balaban J connectivity index is 1.16. The highest BCUT2D eigenvalue weighted by atomic mass is 32.2. The smallest absolute Gasteiger partial charge is 0.145 e. The lowest BCUT2D eigenvalue weighted by atomic mass is 9.92. The highest BCUT2D eigenvalue weighted by Crippen LogP contribution is 2.45. The molecule has 0 saturated carbocycles. The normalized spacial score (nSPS) is 11.6. The van der Waals surface area contributed by atoms with E-state index >= 15 is 0 Å². The summed E-state index contributed by atoms with van der Waals surface area (Å²) in [4.78, 5) is 12.1. The van der Waals surface area contributed by atoms with Crippen molar-refractivity contribution in [2.24, 2.45) is 0 Å². The minimum Gasteiger partial charge on any atom is -0.292 e. The third kappa shape index (κ3) is 4.46. The minimum absolute atomic E-state index is 0.936. The van der Waals surface area contributed by atoms with Crippen molar-refractivity contribution in [2.75, 3.05) is 0 Å². The van der Waals surface area contributed by atoms with Gasteiger partial charge in [-0.15, -0.1) is 0 Å². The molecule has 0 N–H and O–H groups in total. The molecule has 46 heavy (non-hydrogen) atoms. The van der Waals surface area contributed by atoms with Crippen molar-refractivity contribution in [3.05, 3.63) is 164 Å². The van der Waals surface area contributed by atoms with E-state index in [2.05, 4.69) is 149 Å². The Morgan fingerprint density at radius 3 is 2.09 bits per heavy atom. The van der Waals surface area contributed by atoms with Crippen LogP contribution in [0.1, 0.15) is 0 Å². The van der Waals surface area contributed by atoms with Gasteiger partial charge in [-0.1, -0.05) is 115 Å². The van der Waals surface area contributed by atoms with Crippen LogP contribution >= 0.6 is 11.8 Å². The topological polar surface area (TPSA) is 30.7 Å². The van der Waals surface area contributed by atoms with Gasteiger partial charge in [-0.05, 0) is 86.6 Å². The molecular weight excluding hydrogens is 579 g/mol. The van der Waals surface area contributed by atoms with Crippen molar-refractivity contribution < 1.29 is 0 Å². The SMILES string of the molecule is c1ccc(-n2c(-c3ccc(Sc4c5ccccc5c(-c5ccc6ccccc6c5)c5cnccc45)cc3)nc3ccccc32)cc1. The van der Waals surface area contributed by atoms with Crippen molar-refractivity contribution >= 4 is 55.1 Å². The first kappa shape index (κ1) is 26.7. The predicted molar refractivity (Wildman–Crippen MR) is 193 cm³/mol. The molecule has 0 unspecified atom stereocenters. The molecular formula is C42H27N3S. The van der Waals surface area contributed by atoms with Crippen LogP contribution in [0, 0.1) is 0 Å². The molecule has 9 aromatic rings. The van der Waals surface area contributed by atoms with Gasteiger partial charge in [-0.25, -0.2) is 4.98 Å². The summed E-state index contributed by atoms with van der Waals surface area (Å²) in [5, 5.41) is 7.32. The van der Waals surface area contributed by atoms with E-state index in [9.17, 15) is 0 Å². The summed E-state index contributed by atoms with van der Waals surface area (Å²) in [7, 11) is 0. The summed E-state index contributed by atoms with van der Waals surface area (Å²) in [6.07, 6.45) is 3.93. The van der Waals surface area contributed by atoms with Gasteiger partial charge in [0.1, 0.15) is 5.82 Å². The third-order valence-corrected chi connectivity index (χ3v) is 9.87. The average molecular weight is 606 g/mol. The van der Waals surface area contributed by atoms with Crippen molar-refractivity contribution in [3.63, 3.8) is 0 Å². The van der Waals surface area contributed by atoms with E-state index in [-0.39, 0.29) is 0 Å². The molecule has 0 amide bonds. The lowest BCUT2D eigenvalue weighted by Crippen LogP contribution is -1.97. The lowest BCUT2D eigenvalue weighted by Gasteiger charge is -2.17. The van der Waals surface area contributed by atoms with Gasteiger partial charge in [0, 0.05) is 38.8 Å². The second kappa shape index (κ2) is 11.0. The molecule has 9 rings (SSSR count). The Kier molecular flexibility index (Phi) is 6.39. The number of benzene rings is 7. The fourth-order valence-corrected chi connectivity index (χ4v) is 7.68. The Morgan fingerprint density at radius 1 is 0.522 bits per heavy atom. The monoisotopic (exact) mass is 605 g/mol. The molecule has 0 aliphatic rings. The first-order valence-corrected chi connectivity index (χ1v) is 16.2. The summed E-state index contributed by atoms with van der Waals surface area (Å²) in [5.41, 5.74) is 6.69. The molecule has 7 aromatic carbocycles. The Labute approximate surface area is 270 Å². The molecule has 3 nitrogen and oxygen atoms in total. The van der Waals surface area contributed by atoms with Gasteiger partial charge in [-0.2, -0.15) is 0 Å². The number of rotatable bonds is 5. The van der Waals surface area contributed by atoms with E-state index in [1.54, 1.807) is 0 Å². The van der Waals surface area contributed by atoms with Crippen molar-refractivity contribution in [3.8, 4) is 28.2 Å². The molecule has 4 heteroatoms. The van der Waals surface area contributed by atoms with Crippen LogP contribution in [0.2, 0.25) is 0 Å². The lowest BCUT2D eigenvalue weighted by molar-refractivity contribution is 1.10. The zero-order chi connectivity index (χ0) is 30.5. The number of hydrogen-bond acceptors (Lipinski definition) is 3. The number of para-hydroxylation sites is 3. The zero-order valence-electron chi connectivity index (χ0n) is 24.8. The Morgan fingerprint density at radius 2 is 1.22 bits per heavy atom. The Hall–Kier alpha value is -5.71. The van der Waals surface area contributed by atoms with Gasteiger partial charge in [0.15, 0.2) is 0 Å². The number of nitrogens with zero attached hydrogens (tertiary/aromatic N) is 3. The van der Waals surface area contributed by atoms with E-state index in [4.69, 9.17) is 4.98 Å². The highest BCUT2D eigenvalue weighted by molar-refractivity contribution is 7.99. The fourth-order valence-electron chi connectivity index (χ4n) is 6.59. The largest absolute Gasteiger partial charge is 0.292 e. The van der Waals surface area contributed by atoms with Crippen LogP contribution in [-0.4, -0.2) is 14.5 Å². The standard InChI is InChI=1S/C42H27N3S/c1-2-12-32(13-3-1)45-39-17-9-8-16-38(39)44-42(45)29-20-22-33(23-21-29)46-41-35-15-7-6-14-34(35)40(37-27-43-25-24-36(37)41)31-19-18-28-10-4-5-11-30(28)26-31/h1-27H. The van der Waals surface area contributed by atoms with E-state index < -0.39 is 0 Å². The molecule has 2 aromatic heterocycles. The molecule has 0 bridgehead atoms. The maximum Gasteiger partial charge on any atom is 0.145 e. The van der Waals surface area contributed by atoms with Gasteiger partial charge in [0.25, 0.3) is 0 Å². The molecule has 0 spiro atoms. The molecule has 0 saturated heterocycles. The summed E-state index contributed by atoms with van der Waals surface area (Å²) in [6.45, 7) is 0. The molecule has 0 atom stereocenters. The van der Waals surface area contributed by atoms with Crippen LogP contribution in [0.15, 0.2) is 174 Å². The van der Waals surface area contributed by atoms with Gasteiger partial charge >= 0.3 is 0 Å². The van der Waals surface area contributed by atoms with Crippen LogP contribution < -0.4 is 0 Å². The molecule has 216 valence electrons. The van der Waals surface area contributed by atoms with Crippen LogP contribution in [0.5, 0.6) is 0 Å². The summed E-state index contributed by atoms with van der Waals surface area (Å²) in [6, 6.07) is 53.8. The second-order valence-corrected chi connectivity index (χ2v) is 12.5. The summed E-state index contributed by atoms with van der Waals surface area (Å²) >= 11 is 1.81. The zero-order valence-corrected chi connectivity index (χ0v) is 25.7. The van der Waals surface area contributed by atoms with Gasteiger partial charge in [0.2, 0.25) is 0 Å². The third-order valence-electron chi connectivity index (χ3n) is 8.72. The van der Waals surface area contributed by atoms with Gasteiger partial charge < -0.3 is 0 Å². The first-order valence-electron chi connectivity index (χ1n) is 15.4. The van der Waals surface area contributed by atoms with Crippen molar-refractivity contribution in [2.45, 2.75) is 9.79 Å². The number of pyridine rings is 1. The van der Waals surface area contributed by atoms with E-state index in [1.807, 2.05) is 36.3 Å². The first-order chi connectivity index (χ1) is 22.8. The number of imidazole rings is 1.